The Kier molecular flexibility index (Phi) is 4.54. The van der Waals surface area contributed by atoms with Gasteiger partial charge in [-0.2, -0.15) is 0 Å². The molecule has 0 spiro atoms. The van der Waals surface area contributed by atoms with Crippen LogP contribution in [0.25, 0.3) is 0 Å². The highest BCUT2D eigenvalue weighted by atomic mass is 35.5. The van der Waals surface area contributed by atoms with Crippen molar-refractivity contribution >= 4 is 18.4 Å². The van der Waals surface area contributed by atoms with E-state index in [1.54, 1.807) is 0 Å². The minimum atomic E-state index is -0.742. The molecule has 4 heteroatoms. The summed E-state index contributed by atoms with van der Waals surface area (Å²) in [5, 5.41) is 12.5. The molecule has 0 aliphatic carbocycles. The number of rotatable bonds is 3. The summed E-state index contributed by atoms with van der Waals surface area (Å²) in [6.07, 6.45) is 2.23. The molecule has 0 bridgehead atoms. The quantitative estimate of drug-likeness (QED) is 0.870. The summed E-state index contributed by atoms with van der Waals surface area (Å²) >= 11 is 0. The Morgan fingerprint density at radius 3 is 2.82 bits per heavy atom. The molecule has 0 unspecified atom stereocenters. The van der Waals surface area contributed by atoms with Gasteiger partial charge >= 0.3 is 5.97 Å². The Bertz CT molecular complexity index is 400. The van der Waals surface area contributed by atoms with Crippen LogP contribution in [-0.4, -0.2) is 23.2 Å². The van der Waals surface area contributed by atoms with Crippen LogP contribution in [0.5, 0.6) is 0 Å². The maximum absolute atomic E-state index is 11.4. The van der Waals surface area contributed by atoms with E-state index < -0.39 is 11.5 Å². The molecule has 1 saturated heterocycles. The predicted octanol–water partition coefficient (Wildman–Crippen LogP) is 2.17. The van der Waals surface area contributed by atoms with Gasteiger partial charge in [-0.25, -0.2) is 0 Å². The SMILES string of the molecule is Cc1cccc(C[C@]2(C(=O)O)CCCN2)c1.Cl. The summed E-state index contributed by atoms with van der Waals surface area (Å²) in [5.74, 6) is -0.730. The number of carbonyl (C=O) groups is 1. The highest BCUT2D eigenvalue weighted by molar-refractivity contribution is 5.85. The summed E-state index contributed by atoms with van der Waals surface area (Å²) in [4.78, 5) is 11.4. The lowest BCUT2D eigenvalue weighted by atomic mass is 9.89. The third kappa shape index (κ3) is 2.99. The third-order valence-corrected chi connectivity index (χ3v) is 3.24. The number of benzene rings is 1. The summed E-state index contributed by atoms with van der Waals surface area (Å²) in [7, 11) is 0. The fourth-order valence-corrected chi connectivity index (χ4v) is 2.39. The van der Waals surface area contributed by atoms with Crippen LogP contribution in [0.1, 0.15) is 24.0 Å². The van der Waals surface area contributed by atoms with Crippen LogP contribution in [-0.2, 0) is 11.2 Å². The largest absolute Gasteiger partial charge is 0.480 e. The van der Waals surface area contributed by atoms with Gasteiger partial charge in [0, 0.05) is 6.42 Å². The molecular formula is C13H18ClNO2. The van der Waals surface area contributed by atoms with E-state index in [2.05, 4.69) is 11.4 Å². The molecule has 1 aromatic carbocycles. The molecule has 1 fully saturated rings. The van der Waals surface area contributed by atoms with Crippen LogP contribution >= 0.6 is 12.4 Å². The van der Waals surface area contributed by atoms with Crippen molar-refractivity contribution in [3.05, 3.63) is 35.4 Å². The van der Waals surface area contributed by atoms with E-state index in [0.29, 0.717) is 6.42 Å². The lowest BCUT2D eigenvalue weighted by Gasteiger charge is -2.24. The number of aliphatic carboxylic acids is 1. The Balaban J connectivity index is 0.00000144. The molecule has 0 saturated carbocycles. The number of aryl methyl sites for hydroxylation is 1. The normalized spacial score (nSPS) is 23.1. The molecule has 1 atom stereocenters. The average molecular weight is 256 g/mol. The first-order chi connectivity index (χ1) is 7.62. The van der Waals surface area contributed by atoms with Crippen LogP contribution in [0.2, 0.25) is 0 Å². The second-order valence-corrected chi connectivity index (χ2v) is 4.58. The Labute approximate surface area is 108 Å². The second-order valence-electron chi connectivity index (χ2n) is 4.58. The van der Waals surface area contributed by atoms with Crippen molar-refractivity contribution in [2.45, 2.75) is 31.7 Å². The predicted molar refractivity (Wildman–Crippen MR) is 69.7 cm³/mol. The van der Waals surface area contributed by atoms with Crippen molar-refractivity contribution in [2.75, 3.05) is 6.54 Å². The number of hydrogen-bond acceptors (Lipinski definition) is 2. The molecular weight excluding hydrogens is 238 g/mol. The van der Waals surface area contributed by atoms with Gasteiger partial charge in [-0.05, 0) is 31.9 Å². The molecule has 1 aliphatic rings. The van der Waals surface area contributed by atoms with E-state index in [1.165, 1.54) is 5.56 Å². The fourth-order valence-electron chi connectivity index (χ4n) is 2.39. The Morgan fingerprint density at radius 1 is 1.53 bits per heavy atom. The third-order valence-electron chi connectivity index (χ3n) is 3.24. The topological polar surface area (TPSA) is 49.3 Å². The van der Waals surface area contributed by atoms with Gasteiger partial charge in [-0.1, -0.05) is 29.8 Å². The van der Waals surface area contributed by atoms with Gasteiger partial charge in [0.25, 0.3) is 0 Å². The molecule has 2 rings (SSSR count). The first-order valence-electron chi connectivity index (χ1n) is 5.66. The summed E-state index contributed by atoms with van der Waals surface area (Å²) in [6.45, 7) is 2.83. The van der Waals surface area contributed by atoms with Crippen LogP contribution in [0.15, 0.2) is 24.3 Å². The van der Waals surface area contributed by atoms with Crippen molar-refractivity contribution in [3.8, 4) is 0 Å². The van der Waals surface area contributed by atoms with Crippen molar-refractivity contribution in [1.29, 1.82) is 0 Å². The van der Waals surface area contributed by atoms with Crippen molar-refractivity contribution in [2.24, 2.45) is 0 Å². The van der Waals surface area contributed by atoms with Gasteiger partial charge < -0.3 is 10.4 Å². The Hall–Kier alpha value is -1.06. The minimum absolute atomic E-state index is 0. The lowest BCUT2D eigenvalue weighted by Crippen LogP contribution is -2.49. The molecule has 0 aromatic heterocycles. The zero-order valence-corrected chi connectivity index (χ0v) is 10.7. The number of carboxylic acids is 1. The highest BCUT2D eigenvalue weighted by Gasteiger charge is 2.40. The smallest absolute Gasteiger partial charge is 0.324 e. The minimum Gasteiger partial charge on any atom is -0.480 e. The molecule has 1 heterocycles. The van der Waals surface area contributed by atoms with Crippen LogP contribution in [0.4, 0.5) is 0 Å². The van der Waals surface area contributed by atoms with Gasteiger partial charge in [0.2, 0.25) is 0 Å². The molecule has 0 amide bonds. The lowest BCUT2D eigenvalue weighted by molar-refractivity contribution is -0.144. The number of carboxylic acid groups (broad SMARTS) is 1. The standard InChI is InChI=1S/C13H17NO2.ClH/c1-10-4-2-5-11(8-10)9-13(12(15)16)6-3-7-14-13;/h2,4-5,8,14H,3,6-7,9H2,1H3,(H,15,16);1H/t13-;/m0./s1. The molecule has 94 valence electrons. The van der Waals surface area contributed by atoms with Crippen LogP contribution in [0, 0.1) is 6.92 Å². The van der Waals surface area contributed by atoms with Gasteiger partial charge in [-0.15, -0.1) is 12.4 Å². The maximum Gasteiger partial charge on any atom is 0.324 e. The number of nitrogens with one attached hydrogen (secondary N) is 1. The van der Waals surface area contributed by atoms with E-state index in [9.17, 15) is 9.90 Å². The summed E-state index contributed by atoms with van der Waals surface area (Å²) in [6, 6.07) is 8.07. The van der Waals surface area contributed by atoms with Crippen molar-refractivity contribution in [1.82, 2.24) is 5.32 Å². The van der Waals surface area contributed by atoms with E-state index in [4.69, 9.17) is 0 Å². The Morgan fingerprint density at radius 2 is 2.29 bits per heavy atom. The molecule has 3 nitrogen and oxygen atoms in total. The van der Waals surface area contributed by atoms with Gasteiger partial charge in [0.05, 0.1) is 0 Å². The molecule has 0 radical (unpaired) electrons. The van der Waals surface area contributed by atoms with Crippen LogP contribution < -0.4 is 5.32 Å². The fraction of sp³-hybridized carbons (Fsp3) is 0.462. The number of hydrogen-bond donors (Lipinski definition) is 2. The summed E-state index contributed by atoms with van der Waals surface area (Å²) < 4.78 is 0. The molecule has 17 heavy (non-hydrogen) atoms. The van der Waals surface area contributed by atoms with Crippen LogP contribution in [0.3, 0.4) is 0 Å². The first kappa shape index (κ1) is 14.0. The maximum atomic E-state index is 11.4. The second kappa shape index (κ2) is 5.52. The van der Waals surface area contributed by atoms with E-state index in [-0.39, 0.29) is 12.4 Å². The van der Waals surface area contributed by atoms with E-state index in [1.807, 2.05) is 25.1 Å². The van der Waals surface area contributed by atoms with Gasteiger partial charge in [0.15, 0.2) is 0 Å². The number of halogens is 1. The molecule has 1 aromatic rings. The van der Waals surface area contributed by atoms with E-state index in [0.717, 1.165) is 24.9 Å². The van der Waals surface area contributed by atoms with Gasteiger partial charge in [0.1, 0.15) is 5.54 Å². The van der Waals surface area contributed by atoms with Gasteiger partial charge in [-0.3, -0.25) is 4.79 Å². The van der Waals surface area contributed by atoms with Crippen molar-refractivity contribution in [3.63, 3.8) is 0 Å². The first-order valence-corrected chi connectivity index (χ1v) is 5.66. The average Bonchev–Trinajstić information content (AvgIpc) is 2.67. The molecule has 2 N–H and O–H groups in total. The zero-order valence-electron chi connectivity index (χ0n) is 9.90. The highest BCUT2D eigenvalue weighted by Crippen LogP contribution is 2.24. The molecule has 1 aliphatic heterocycles. The summed E-state index contributed by atoms with van der Waals surface area (Å²) in [5.41, 5.74) is 1.53. The van der Waals surface area contributed by atoms with Crippen molar-refractivity contribution < 1.29 is 9.90 Å². The monoisotopic (exact) mass is 255 g/mol. The van der Waals surface area contributed by atoms with E-state index >= 15 is 0 Å². The zero-order chi connectivity index (χ0) is 11.6.